The summed E-state index contributed by atoms with van der Waals surface area (Å²) in [4.78, 5) is 17.6. The monoisotopic (exact) mass is 633 g/mol. The normalized spacial score (nSPS) is 19.3. The minimum atomic E-state index is -0.642. The van der Waals surface area contributed by atoms with Gasteiger partial charge in [-0.05, 0) is 64.0 Å². The molecule has 4 aromatic rings. The number of likely N-dealkylation sites (tertiary alicyclic amines) is 1. The first kappa shape index (κ1) is 33.0. The van der Waals surface area contributed by atoms with Gasteiger partial charge >= 0.3 is 6.01 Å². The smallest absolute Gasteiger partial charge is 0.318 e. The number of piperazine rings is 1. The number of nitrogens with two attached hydrogens (primary N) is 1. The summed E-state index contributed by atoms with van der Waals surface area (Å²) in [5, 5.41) is 4.43. The van der Waals surface area contributed by atoms with E-state index in [-0.39, 0.29) is 37.5 Å². The molecule has 2 bridgehead atoms. The van der Waals surface area contributed by atoms with Crippen molar-refractivity contribution in [1.82, 2.24) is 25.2 Å². The highest BCUT2D eigenvalue weighted by Crippen LogP contribution is 2.43. The standard InChI is InChI=1S/C22H19ClF2N6OS.C5H11N.2C2H6/c1-32-22-29-17-12(20(30-22)31-7-9-2-3-10(8-31)27-9)6-13(23)15(16(17)25)11-4-5-14(24)19-18(11)28-21(26)33-19;1-6-4-2-3-5-6;2*1-2/h4-6,9-10,27H,2-3,7-8H2,1H3,(H2,26,28);2-5H2,1H3;2*1-2H3. The molecule has 2 aromatic heterocycles. The van der Waals surface area contributed by atoms with Gasteiger partial charge in [-0.2, -0.15) is 9.97 Å². The van der Waals surface area contributed by atoms with Crippen LogP contribution < -0.4 is 20.7 Å². The Hall–Kier alpha value is -2.86. The zero-order chi connectivity index (χ0) is 31.3. The van der Waals surface area contributed by atoms with Gasteiger partial charge in [0.1, 0.15) is 17.2 Å². The van der Waals surface area contributed by atoms with Crippen LogP contribution in [-0.2, 0) is 0 Å². The van der Waals surface area contributed by atoms with E-state index < -0.39 is 11.6 Å². The molecule has 0 aliphatic carbocycles. The second-order valence-corrected chi connectivity index (χ2v) is 11.8. The number of aromatic nitrogens is 3. The molecule has 2 unspecified atom stereocenters. The molecule has 0 spiro atoms. The molecule has 5 heterocycles. The molecule has 43 heavy (non-hydrogen) atoms. The molecule has 2 atom stereocenters. The first-order chi connectivity index (χ1) is 20.8. The van der Waals surface area contributed by atoms with Crippen molar-refractivity contribution in [3.8, 4) is 17.1 Å². The van der Waals surface area contributed by atoms with Crippen molar-refractivity contribution in [2.75, 3.05) is 51.0 Å². The third-order valence-corrected chi connectivity index (χ3v) is 8.84. The highest BCUT2D eigenvalue weighted by atomic mass is 35.5. The van der Waals surface area contributed by atoms with Crippen LogP contribution >= 0.6 is 22.9 Å². The molecule has 2 aromatic carbocycles. The lowest BCUT2D eigenvalue weighted by Gasteiger charge is -2.34. The second-order valence-electron chi connectivity index (χ2n) is 10.4. The minimum Gasteiger partial charge on any atom is -0.467 e. The lowest BCUT2D eigenvalue weighted by Crippen LogP contribution is -2.51. The number of hydrogen-bond acceptors (Lipinski definition) is 9. The van der Waals surface area contributed by atoms with E-state index in [2.05, 4.69) is 37.1 Å². The van der Waals surface area contributed by atoms with Gasteiger partial charge in [0, 0.05) is 41.7 Å². The number of fused-ring (bicyclic) bond motifs is 4. The molecule has 7 rings (SSSR count). The number of anilines is 2. The first-order valence-corrected chi connectivity index (χ1v) is 16.3. The number of methoxy groups -OCH3 is 1. The second kappa shape index (κ2) is 14.7. The van der Waals surface area contributed by atoms with Crippen molar-refractivity contribution in [3.05, 3.63) is 34.9 Å². The Morgan fingerprint density at radius 3 is 2.23 bits per heavy atom. The Balaban J connectivity index is 0.000000369. The van der Waals surface area contributed by atoms with Gasteiger partial charge < -0.3 is 25.6 Å². The van der Waals surface area contributed by atoms with Gasteiger partial charge in [0.2, 0.25) is 0 Å². The molecule has 234 valence electrons. The summed E-state index contributed by atoms with van der Waals surface area (Å²) >= 11 is 7.64. The lowest BCUT2D eigenvalue weighted by molar-refractivity contribution is 0.380. The zero-order valence-electron chi connectivity index (χ0n) is 25.8. The Labute approximate surface area is 261 Å². The van der Waals surface area contributed by atoms with Crippen LogP contribution in [0, 0.1) is 11.6 Å². The predicted molar refractivity (Wildman–Crippen MR) is 176 cm³/mol. The van der Waals surface area contributed by atoms with Crippen LogP contribution in [-0.4, -0.2) is 72.3 Å². The topological polar surface area (TPSA) is 92.4 Å². The van der Waals surface area contributed by atoms with Crippen LogP contribution in [0.1, 0.15) is 53.4 Å². The number of halogens is 3. The molecule has 12 heteroatoms. The largest absolute Gasteiger partial charge is 0.467 e. The van der Waals surface area contributed by atoms with Crippen LogP contribution in [0.15, 0.2) is 18.2 Å². The van der Waals surface area contributed by atoms with Crippen LogP contribution in [0.5, 0.6) is 6.01 Å². The molecule has 0 amide bonds. The summed E-state index contributed by atoms with van der Waals surface area (Å²) in [7, 11) is 3.62. The number of nitrogens with zero attached hydrogens (tertiary/aromatic N) is 5. The summed E-state index contributed by atoms with van der Waals surface area (Å²) in [6.45, 7) is 12.1. The van der Waals surface area contributed by atoms with E-state index in [0.717, 1.165) is 37.3 Å². The summed E-state index contributed by atoms with van der Waals surface area (Å²) < 4.78 is 35.9. The Bertz CT molecular complexity index is 1530. The molecule has 3 fully saturated rings. The van der Waals surface area contributed by atoms with Gasteiger partial charge in [-0.1, -0.05) is 50.6 Å². The van der Waals surface area contributed by atoms with Crippen LogP contribution in [0.3, 0.4) is 0 Å². The van der Waals surface area contributed by atoms with Crippen molar-refractivity contribution in [3.63, 3.8) is 0 Å². The maximum absolute atomic E-state index is 16.1. The van der Waals surface area contributed by atoms with Gasteiger partial charge in [0.15, 0.2) is 10.9 Å². The summed E-state index contributed by atoms with van der Waals surface area (Å²) in [6.07, 6.45) is 5.02. The quantitative estimate of drug-likeness (QED) is 0.246. The van der Waals surface area contributed by atoms with Gasteiger partial charge in [-0.3, -0.25) is 0 Å². The number of nitrogen functional groups attached to an aromatic ring is 1. The van der Waals surface area contributed by atoms with E-state index >= 15 is 4.39 Å². The minimum absolute atomic E-state index is 0.0673. The fraction of sp³-hybridized carbons (Fsp3) is 0.516. The summed E-state index contributed by atoms with van der Waals surface area (Å²) in [5.74, 6) is -0.526. The molecule has 0 saturated carbocycles. The van der Waals surface area contributed by atoms with Crippen molar-refractivity contribution < 1.29 is 13.5 Å². The molecule has 3 aliphatic heterocycles. The van der Waals surface area contributed by atoms with Crippen molar-refractivity contribution in [1.29, 1.82) is 0 Å². The molecular weight excluding hydrogens is 592 g/mol. The average Bonchev–Trinajstić information content (AvgIpc) is 3.76. The van der Waals surface area contributed by atoms with E-state index in [9.17, 15) is 4.39 Å². The molecule has 8 nitrogen and oxygen atoms in total. The third kappa shape index (κ3) is 6.95. The van der Waals surface area contributed by atoms with Crippen LogP contribution in [0.25, 0.3) is 32.2 Å². The molecule has 3 N–H and O–H groups in total. The predicted octanol–water partition coefficient (Wildman–Crippen LogP) is 7.13. The van der Waals surface area contributed by atoms with Gasteiger partial charge in [-0.15, -0.1) is 0 Å². The number of ether oxygens (including phenoxy) is 1. The molecule has 3 aliphatic rings. The van der Waals surface area contributed by atoms with E-state index in [1.54, 1.807) is 6.07 Å². The van der Waals surface area contributed by atoms with E-state index in [4.69, 9.17) is 22.1 Å². The van der Waals surface area contributed by atoms with E-state index in [1.165, 1.54) is 45.2 Å². The zero-order valence-corrected chi connectivity index (χ0v) is 27.4. The molecule has 0 radical (unpaired) electrons. The number of nitrogens with one attached hydrogen (secondary N) is 1. The maximum atomic E-state index is 16.1. The van der Waals surface area contributed by atoms with Crippen molar-refractivity contribution in [2.24, 2.45) is 0 Å². The van der Waals surface area contributed by atoms with Gasteiger partial charge in [-0.25, -0.2) is 13.8 Å². The van der Waals surface area contributed by atoms with Crippen LogP contribution in [0.4, 0.5) is 19.7 Å². The lowest BCUT2D eigenvalue weighted by atomic mass is 10.0. The summed E-state index contributed by atoms with van der Waals surface area (Å²) in [5.41, 5.74) is 6.59. The highest BCUT2D eigenvalue weighted by molar-refractivity contribution is 7.22. The van der Waals surface area contributed by atoms with Crippen LogP contribution in [0.2, 0.25) is 5.02 Å². The van der Waals surface area contributed by atoms with E-state index in [0.29, 0.717) is 28.9 Å². The maximum Gasteiger partial charge on any atom is 0.318 e. The average molecular weight is 634 g/mol. The molecular formula is C31H42ClF2N7OS. The van der Waals surface area contributed by atoms with Gasteiger partial charge in [0.25, 0.3) is 0 Å². The number of thiazole rings is 1. The summed E-state index contributed by atoms with van der Waals surface area (Å²) in [6, 6.07) is 5.18. The number of hydrogen-bond donors (Lipinski definition) is 2. The Morgan fingerprint density at radius 1 is 1.00 bits per heavy atom. The molecule has 3 saturated heterocycles. The fourth-order valence-electron chi connectivity index (χ4n) is 5.78. The third-order valence-electron chi connectivity index (χ3n) is 7.65. The highest BCUT2D eigenvalue weighted by Gasteiger charge is 2.34. The van der Waals surface area contributed by atoms with Gasteiger partial charge in [0.05, 0.1) is 22.3 Å². The Kier molecular flexibility index (Phi) is 11.3. The number of rotatable bonds is 3. The van der Waals surface area contributed by atoms with Crippen molar-refractivity contribution >= 4 is 55.0 Å². The Morgan fingerprint density at radius 2 is 1.65 bits per heavy atom. The van der Waals surface area contributed by atoms with E-state index in [1.807, 2.05) is 27.7 Å². The van der Waals surface area contributed by atoms with Crippen molar-refractivity contribution in [2.45, 2.75) is 65.5 Å². The fourth-order valence-corrected chi connectivity index (χ4v) is 6.84. The first-order valence-electron chi connectivity index (χ1n) is 15.1. The number of benzene rings is 2. The SMILES string of the molecule is CC.CC.CN1CCCC1.COc1nc(N2CC3CCC(C2)N3)c2cc(Cl)c(-c3ccc(F)c4sc(N)nc34)c(F)c2n1.